The van der Waals surface area contributed by atoms with Crippen LogP contribution in [0.5, 0.6) is 0 Å². The van der Waals surface area contributed by atoms with Crippen molar-refractivity contribution in [2.45, 2.75) is 64.1 Å². The SMILES string of the molecule is CN=C(NC1CCc2ccccc2C1)NC1C2CCCOC2C1(C)C. The highest BCUT2D eigenvalue weighted by molar-refractivity contribution is 5.80. The maximum atomic E-state index is 6.03. The summed E-state index contributed by atoms with van der Waals surface area (Å²) < 4.78 is 6.03. The molecule has 136 valence electrons. The minimum Gasteiger partial charge on any atom is -0.377 e. The van der Waals surface area contributed by atoms with Gasteiger partial charge in [-0.2, -0.15) is 0 Å². The quantitative estimate of drug-likeness (QED) is 0.642. The van der Waals surface area contributed by atoms with Crippen molar-refractivity contribution in [2.75, 3.05) is 13.7 Å². The van der Waals surface area contributed by atoms with Crippen molar-refractivity contribution in [1.29, 1.82) is 0 Å². The van der Waals surface area contributed by atoms with E-state index in [2.05, 4.69) is 53.7 Å². The first-order valence-corrected chi connectivity index (χ1v) is 9.78. The third-order valence-corrected chi connectivity index (χ3v) is 6.53. The van der Waals surface area contributed by atoms with Gasteiger partial charge in [0, 0.05) is 37.1 Å². The van der Waals surface area contributed by atoms with E-state index in [0.29, 0.717) is 24.1 Å². The van der Waals surface area contributed by atoms with Crippen LogP contribution in [0.25, 0.3) is 0 Å². The molecule has 1 aromatic rings. The van der Waals surface area contributed by atoms with Gasteiger partial charge in [0.2, 0.25) is 0 Å². The standard InChI is InChI=1S/C21H31N3O/c1-21(2)18(17-9-6-12-25-19(17)21)24-20(22-3)23-16-11-10-14-7-4-5-8-15(14)13-16/h4-5,7-8,16-19H,6,9-13H2,1-3H3,(H2,22,23,24). The molecule has 2 N–H and O–H groups in total. The molecule has 4 unspecified atom stereocenters. The minimum atomic E-state index is 0.169. The van der Waals surface area contributed by atoms with Crippen LogP contribution in [-0.2, 0) is 17.6 Å². The fourth-order valence-corrected chi connectivity index (χ4v) is 5.15. The van der Waals surface area contributed by atoms with Gasteiger partial charge in [0.15, 0.2) is 5.96 Å². The van der Waals surface area contributed by atoms with E-state index in [0.717, 1.165) is 25.4 Å². The first kappa shape index (κ1) is 16.9. The van der Waals surface area contributed by atoms with E-state index in [1.807, 2.05) is 7.05 Å². The maximum absolute atomic E-state index is 6.03. The lowest BCUT2D eigenvalue weighted by Crippen LogP contribution is -2.71. The zero-order valence-electron chi connectivity index (χ0n) is 15.7. The number of ether oxygens (including phenoxy) is 1. The van der Waals surface area contributed by atoms with Crippen LogP contribution in [-0.4, -0.2) is 37.8 Å². The average Bonchev–Trinajstić information content (AvgIpc) is 2.64. The normalized spacial score (nSPS) is 33.6. The van der Waals surface area contributed by atoms with Crippen LogP contribution < -0.4 is 10.6 Å². The molecule has 1 heterocycles. The number of hydrogen-bond acceptors (Lipinski definition) is 2. The molecule has 1 aromatic carbocycles. The minimum absolute atomic E-state index is 0.169. The number of nitrogens with one attached hydrogen (secondary N) is 2. The van der Waals surface area contributed by atoms with Crippen LogP contribution >= 0.6 is 0 Å². The highest BCUT2D eigenvalue weighted by Crippen LogP contribution is 2.51. The predicted octanol–water partition coefficient (Wildman–Crippen LogP) is 2.91. The van der Waals surface area contributed by atoms with Crippen molar-refractivity contribution >= 4 is 5.96 Å². The summed E-state index contributed by atoms with van der Waals surface area (Å²) in [6, 6.07) is 9.72. The molecular weight excluding hydrogens is 310 g/mol. The van der Waals surface area contributed by atoms with Gasteiger partial charge in [0.25, 0.3) is 0 Å². The number of guanidine groups is 1. The molecule has 0 radical (unpaired) electrons. The number of aryl methyl sites for hydroxylation is 1. The Morgan fingerprint density at radius 1 is 1.16 bits per heavy atom. The largest absolute Gasteiger partial charge is 0.377 e. The monoisotopic (exact) mass is 341 g/mol. The zero-order chi connectivity index (χ0) is 17.4. The summed E-state index contributed by atoms with van der Waals surface area (Å²) in [6.45, 7) is 5.56. The molecule has 1 saturated carbocycles. The van der Waals surface area contributed by atoms with Gasteiger partial charge in [-0.15, -0.1) is 0 Å². The molecule has 0 spiro atoms. The highest BCUT2D eigenvalue weighted by Gasteiger charge is 2.58. The van der Waals surface area contributed by atoms with E-state index in [-0.39, 0.29) is 5.41 Å². The second-order valence-electron chi connectivity index (χ2n) is 8.47. The second-order valence-corrected chi connectivity index (χ2v) is 8.47. The van der Waals surface area contributed by atoms with E-state index in [9.17, 15) is 0 Å². The Kier molecular flexibility index (Phi) is 4.48. The molecule has 4 atom stereocenters. The molecule has 3 aliphatic rings. The Hall–Kier alpha value is -1.55. The van der Waals surface area contributed by atoms with Crippen LogP contribution in [0.2, 0.25) is 0 Å². The molecule has 2 fully saturated rings. The molecule has 0 amide bonds. The predicted molar refractivity (Wildman–Crippen MR) is 102 cm³/mol. The van der Waals surface area contributed by atoms with Crippen molar-refractivity contribution < 1.29 is 4.74 Å². The van der Waals surface area contributed by atoms with Crippen LogP contribution in [0.1, 0.15) is 44.2 Å². The zero-order valence-corrected chi connectivity index (χ0v) is 15.7. The topological polar surface area (TPSA) is 45.7 Å². The molecule has 0 bridgehead atoms. The highest BCUT2D eigenvalue weighted by atomic mass is 16.5. The van der Waals surface area contributed by atoms with Gasteiger partial charge in [-0.1, -0.05) is 38.1 Å². The maximum Gasteiger partial charge on any atom is 0.191 e. The second kappa shape index (κ2) is 6.64. The van der Waals surface area contributed by atoms with E-state index >= 15 is 0 Å². The summed E-state index contributed by atoms with van der Waals surface area (Å²) in [5.41, 5.74) is 3.15. The number of rotatable bonds is 2. The number of aliphatic imine (C=N–C) groups is 1. The van der Waals surface area contributed by atoms with Crippen LogP contribution in [0.3, 0.4) is 0 Å². The van der Waals surface area contributed by atoms with Crippen LogP contribution in [0.15, 0.2) is 29.3 Å². The summed E-state index contributed by atoms with van der Waals surface area (Å²) in [6.07, 6.45) is 6.25. The van der Waals surface area contributed by atoms with E-state index in [1.165, 1.54) is 30.4 Å². The fraction of sp³-hybridized carbons (Fsp3) is 0.667. The molecule has 4 nitrogen and oxygen atoms in total. The Bertz CT molecular complexity index is 654. The molecule has 4 heteroatoms. The third-order valence-electron chi connectivity index (χ3n) is 6.53. The molecule has 25 heavy (non-hydrogen) atoms. The van der Waals surface area contributed by atoms with Crippen LogP contribution in [0.4, 0.5) is 0 Å². The van der Waals surface area contributed by atoms with Crippen LogP contribution in [0, 0.1) is 11.3 Å². The third kappa shape index (κ3) is 3.05. The summed E-state index contributed by atoms with van der Waals surface area (Å²) in [4.78, 5) is 4.52. The molecule has 4 rings (SSSR count). The van der Waals surface area contributed by atoms with E-state index in [4.69, 9.17) is 4.74 Å². The Balaban J connectivity index is 1.39. The Labute approximate surface area is 151 Å². The number of benzene rings is 1. The molecule has 1 saturated heterocycles. The number of fused-ring (bicyclic) bond motifs is 2. The first-order chi connectivity index (χ1) is 12.1. The first-order valence-electron chi connectivity index (χ1n) is 9.78. The van der Waals surface area contributed by atoms with Gasteiger partial charge in [0.05, 0.1) is 6.10 Å². The van der Waals surface area contributed by atoms with Gasteiger partial charge in [-0.3, -0.25) is 4.99 Å². The molecule has 1 aliphatic heterocycles. The van der Waals surface area contributed by atoms with Gasteiger partial charge in [-0.05, 0) is 43.2 Å². The Morgan fingerprint density at radius 3 is 2.76 bits per heavy atom. The summed E-state index contributed by atoms with van der Waals surface area (Å²) in [5, 5.41) is 7.40. The lowest BCUT2D eigenvalue weighted by Gasteiger charge is -2.60. The van der Waals surface area contributed by atoms with Gasteiger partial charge < -0.3 is 15.4 Å². The average molecular weight is 341 g/mol. The lowest BCUT2D eigenvalue weighted by molar-refractivity contribution is -0.188. The lowest BCUT2D eigenvalue weighted by atomic mass is 9.55. The van der Waals surface area contributed by atoms with Crippen molar-refractivity contribution in [3.63, 3.8) is 0 Å². The van der Waals surface area contributed by atoms with Gasteiger partial charge >= 0.3 is 0 Å². The molecular formula is C21H31N3O. The molecule has 2 aliphatic carbocycles. The van der Waals surface area contributed by atoms with E-state index in [1.54, 1.807) is 0 Å². The fourth-order valence-electron chi connectivity index (χ4n) is 5.15. The summed E-state index contributed by atoms with van der Waals surface area (Å²) in [5.74, 6) is 1.57. The van der Waals surface area contributed by atoms with Crippen molar-refractivity contribution in [3.8, 4) is 0 Å². The number of nitrogens with zero attached hydrogens (tertiary/aromatic N) is 1. The summed E-state index contributed by atoms with van der Waals surface area (Å²) in [7, 11) is 1.88. The van der Waals surface area contributed by atoms with Crippen molar-refractivity contribution in [1.82, 2.24) is 10.6 Å². The number of hydrogen-bond donors (Lipinski definition) is 2. The van der Waals surface area contributed by atoms with Crippen molar-refractivity contribution in [2.24, 2.45) is 16.3 Å². The van der Waals surface area contributed by atoms with Gasteiger partial charge in [-0.25, -0.2) is 0 Å². The van der Waals surface area contributed by atoms with Crippen molar-refractivity contribution in [3.05, 3.63) is 35.4 Å². The van der Waals surface area contributed by atoms with E-state index < -0.39 is 0 Å². The molecule has 0 aromatic heterocycles. The smallest absolute Gasteiger partial charge is 0.191 e. The van der Waals surface area contributed by atoms with Gasteiger partial charge in [0.1, 0.15) is 0 Å². The summed E-state index contributed by atoms with van der Waals surface area (Å²) >= 11 is 0. The Morgan fingerprint density at radius 2 is 1.96 bits per heavy atom.